The lowest BCUT2D eigenvalue weighted by Crippen LogP contribution is -2.33. The number of hydrogen-bond donors (Lipinski definition) is 1. The molecule has 7 heteroatoms. The summed E-state index contributed by atoms with van der Waals surface area (Å²) < 4.78 is 17.5. The first-order valence-corrected chi connectivity index (χ1v) is 17.0. The van der Waals surface area contributed by atoms with Crippen molar-refractivity contribution in [2.45, 2.75) is 96.5 Å². The molecule has 0 spiro atoms. The van der Waals surface area contributed by atoms with Gasteiger partial charge in [-0.15, -0.1) is 0 Å². The Morgan fingerprint density at radius 1 is 0.761 bits per heavy atom. The number of ether oxygens (including phenoxy) is 3. The van der Waals surface area contributed by atoms with Crippen LogP contribution in [0, 0.1) is 11.8 Å². The quantitative estimate of drug-likeness (QED) is 0.103. The highest BCUT2D eigenvalue weighted by Gasteiger charge is 2.39. The van der Waals surface area contributed by atoms with E-state index >= 15 is 0 Å². The number of benzene rings is 3. The monoisotopic (exact) mass is 626 g/mol. The van der Waals surface area contributed by atoms with Crippen molar-refractivity contribution in [3.05, 3.63) is 94.5 Å². The number of carboxylic acid groups (broad SMARTS) is 1. The molecule has 1 N–H and O–H groups in total. The molecule has 0 saturated carbocycles. The van der Waals surface area contributed by atoms with Gasteiger partial charge in [-0.2, -0.15) is 0 Å². The molecule has 0 bridgehead atoms. The summed E-state index contributed by atoms with van der Waals surface area (Å²) in [5.74, 6) is -1.90. The summed E-state index contributed by atoms with van der Waals surface area (Å²) in [5.41, 5.74) is 4.27. The lowest BCUT2D eigenvalue weighted by Gasteiger charge is -2.33. The molecule has 0 amide bonds. The van der Waals surface area contributed by atoms with E-state index in [-0.39, 0.29) is 11.9 Å². The second kappa shape index (κ2) is 16.4. The molecule has 2 aliphatic rings. The van der Waals surface area contributed by atoms with Crippen molar-refractivity contribution in [3.8, 4) is 11.5 Å². The molecular weight excluding hydrogens is 580 g/mol. The minimum atomic E-state index is -0.988. The lowest BCUT2D eigenvalue weighted by molar-refractivity contribution is -0.164. The number of carboxylic acids is 1. The fourth-order valence-electron chi connectivity index (χ4n) is 6.62. The van der Waals surface area contributed by atoms with Gasteiger partial charge in [0.2, 0.25) is 0 Å². The SMILES string of the molecule is CCCCCCCCCCOc1ccc(C(=O)Oc2ccc3c(c2)CCC(C(=O)O)C3OC(=O)C2CCc3ccccc3C2)cc1. The zero-order valence-electron chi connectivity index (χ0n) is 26.9. The molecule has 0 heterocycles. The molecule has 46 heavy (non-hydrogen) atoms. The van der Waals surface area contributed by atoms with Crippen LogP contribution in [0.25, 0.3) is 0 Å². The maximum Gasteiger partial charge on any atom is 0.343 e. The summed E-state index contributed by atoms with van der Waals surface area (Å²) in [4.78, 5) is 38.4. The Morgan fingerprint density at radius 2 is 1.43 bits per heavy atom. The first kappa shape index (κ1) is 33.2. The molecular formula is C39H46O7. The summed E-state index contributed by atoms with van der Waals surface area (Å²) in [6.45, 7) is 2.89. The van der Waals surface area contributed by atoms with Crippen molar-refractivity contribution >= 4 is 17.9 Å². The van der Waals surface area contributed by atoms with Gasteiger partial charge in [-0.3, -0.25) is 9.59 Å². The number of fused-ring (bicyclic) bond motifs is 2. The maximum atomic E-state index is 13.3. The van der Waals surface area contributed by atoms with Gasteiger partial charge in [-0.25, -0.2) is 4.79 Å². The van der Waals surface area contributed by atoms with Crippen LogP contribution < -0.4 is 9.47 Å². The second-order valence-corrected chi connectivity index (χ2v) is 12.6. The predicted octanol–water partition coefficient (Wildman–Crippen LogP) is 8.46. The summed E-state index contributed by atoms with van der Waals surface area (Å²) in [6, 6.07) is 20.2. The van der Waals surface area contributed by atoms with Crippen LogP contribution in [0.4, 0.5) is 0 Å². The molecule has 0 fully saturated rings. The molecule has 244 valence electrons. The molecule has 0 radical (unpaired) electrons. The van der Waals surface area contributed by atoms with Crippen LogP contribution in [0.5, 0.6) is 11.5 Å². The van der Waals surface area contributed by atoms with E-state index in [1.807, 2.05) is 18.2 Å². The third kappa shape index (κ3) is 8.77. The van der Waals surface area contributed by atoms with E-state index in [9.17, 15) is 19.5 Å². The lowest BCUT2D eigenvalue weighted by atomic mass is 9.80. The molecule has 7 nitrogen and oxygen atoms in total. The Balaban J connectivity index is 1.15. The molecule has 0 aromatic heterocycles. The summed E-state index contributed by atoms with van der Waals surface area (Å²) >= 11 is 0. The molecule has 5 rings (SSSR count). The van der Waals surface area contributed by atoms with Crippen molar-refractivity contribution in [2.75, 3.05) is 6.61 Å². The summed E-state index contributed by atoms with van der Waals surface area (Å²) in [7, 11) is 0. The number of unbranched alkanes of at least 4 members (excludes halogenated alkanes) is 7. The Bertz CT molecular complexity index is 1480. The number of carbonyl (C=O) groups excluding carboxylic acids is 2. The van der Waals surface area contributed by atoms with Crippen molar-refractivity contribution in [2.24, 2.45) is 11.8 Å². The van der Waals surface area contributed by atoms with Gasteiger partial charge in [0, 0.05) is 0 Å². The number of aryl methyl sites for hydroxylation is 2. The van der Waals surface area contributed by atoms with Gasteiger partial charge in [0.15, 0.2) is 0 Å². The van der Waals surface area contributed by atoms with E-state index < -0.39 is 24.0 Å². The van der Waals surface area contributed by atoms with Gasteiger partial charge in [-0.1, -0.05) is 82.2 Å². The van der Waals surface area contributed by atoms with Gasteiger partial charge in [-0.05, 0) is 97.2 Å². The third-order valence-corrected chi connectivity index (χ3v) is 9.32. The fourth-order valence-corrected chi connectivity index (χ4v) is 6.62. The number of rotatable bonds is 15. The van der Waals surface area contributed by atoms with Crippen LogP contribution in [0.3, 0.4) is 0 Å². The Labute approximate surface area is 272 Å². The highest BCUT2D eigenvalue weighted by Crippen LogP contribution is 2.40. The summed E-state index contributed by atoms with van der Waals surface area (Å²) in [5, 5.41) is 9.95. The zero-order chi connectivity index (χ0) is 32.3. The van der Waals surface area contributed by atoms with Crippen molar-refractivity contribution < 1.29 is 33.7 Å². The van der Waals surface area contributed by atoms with Crippen molar-refractivity contribution in [1.29, 1.82) is 0 Å². The Kier molecular flexibility index (Phi) is 11.9. The average molecular weight is 627 g/mol. The normalized spacial score (nSPS) is 18.6. The van der Waals surface area contributed by atoms with Crippen LogP contribution in [0.15, 0.2) is 66.7 Å². The van der Waals surface area contributed by atoms with Gasteiger partial charge in [0.05, 0.1) is 24.0 Å². The number of aliphatic carboxylic acids is 1. The average Bonchev–Trinajstić information content (AvgIpc) is 3.07. The Hall–Kier alpha value is -4.13. The number of carbonyl (C=O) groups is 3. The Morgan fingerprint density at radius 3 is 2.17 bits per heavy atom. The van der Waals surface area contributed by atoms with Gasteiger partial charge < -0.3 is 19.3 Å². The van der Waals surface area contributed by atoms with E-state index in [1.54, 1.807) is 42.5 Å². The van der Waals surface area contributed by atoms with E-state index in [4.69, 9.17) is 14.2 Å². The van der Waals surface area contributed by atoms with E-state index in [1.165, 1.54) is 44.1 Å². The second-order valence-electron chi connectivity index (χ2n) is 12.6. The van der Waals surface area contributed by atoms with Crippen LogP contribution in [0.1, 0.15) is 110 Å². The molecule has 0 aliphatic heterocycles. The standard InChI is InChI=1S/C39H46O7/c1-2-3-4-5-6-7-8-11-24-44-32-19-16-28(17-20-32)38(42)45-33-21-23-34-30(26-33)18-22-35(37(40)41)36(34)46-39(43)31-15-14-27-12-9-10-13-29(27)25-31/h9-10,12-13,16-17,19-21,23,26,31,35-36H,2-8,11,14-15,18,22,24-25H2,1H3,(H,40,41). The van der Waals surface area contributed by atoms with E-state index in [0.717, 1.165) is 36.1 Å². The minimum Gasteiger partial charge on any atom is -0.494 e. The van der Waals surface area contributed by atoms with E-state index in [2.05, 4.69) is 13.0 Å². The van der Waals surface area contributed by atoms with Crippen molar-refractivity contribution in [1.82, 2.24) is 0 Å². The largest absolute Gasteiger partial charge is 0.494 e. The molecule has 3 aromatic carbocycles. The summed E-state index contributed by atoms with van der Waals surface area (Å²) in [6.07, 6.45) is 11.9. The highest BCUT2D eigenvalue weighted by molar-refractivity contribution is 5.91. The van der Waals surface area contributed by atoms with Gasteiger partial charge in [0.25, 0.3) is 0 Å². The maximum absolute atomic E-state index is 13.3. The molecule has 2 aliphatic carbocycles. The van der Waals surface area contributed by atoms with Crippen LogP contribution >= 0.6 is 0 Å². The molecule has 3 aromatic rings. The topological polar surface area (TPSA) is 99.1 Å². The number of hydrogen-bond acceptors (Lipinski definition) is 6. The smallest absolute Gasteiger partial charge is 0.343 e. The molecule has 3 unspecified atom stereocenters. The van der Waals surface area contributed by atoms with Crippen molar-refractivity contribution in [3.63, 3.8) is 0 Å². The van der Waals surface area contributed by atoms with Crippen LogP contribution in [-0.2, 0) is 33.6 Å². The minimum absolute atomic E-state index is 0.308. The van der Waals surface area contributed by atoms with Crippen LogP contribution in [0.2, 0.25) is 0 Å². The van der Waals surface area contributed by atoms with Gasteiger partial charge in [0.1, 0.15) is 17.6 Å². The molecule has 0 saturated heterocycles. The fraction of sp³-hybridized carbons (Fsp3) is 0.462. The molecule has 3 atom stereocenters. The van der Waals surface area contributed by atoms with E-state index in [0.29, 0.717) is 49.2 Å². The predicted molar refractivity (Wildman–Crippen MR) is 176 cm³/mol. The van der Waals surface area contributed by atoms with Gasteiger partial charge >= 0.3 is 17.9 Å². The first-order chi connectivity index (χ1) is 22.4. The third-order valence-electron chi connectivity index (χ3n) is 9.32. The van der Waals surface area contributed by atoms with Crippen LogP contribution in [-0.4, -0.2) is 29.6 Å². The highest BCUT2D eigenvalue weighted by atomic mass is 16.5. The first-order valence-electron chi connectivity index (χ1n) is 17.0. The number of esters is 2. The zero-order valence-corrected chi connectivity index (χ0v) is 26.9.